The number of carboxylic acids is 1. The van der Waals surface area contributed by atoms with Gasteiger partial charge in [0.1, 0.15) is 13.2 Å². The quantitative estimate of drug-likeness (QED) is 0.561. The van der Waals surface area contributed by atoms with Gasteiger partial charge in [0.2, 0.25) is 0 Å². The molecule has 20 heavy (non-hydrogen) atoms. The molecule has 0 fully saturated rings. The van der Waals surface area contributed by atoms with Crippen molar-refractivity contribution >= 4 is 23.9 Å². The van der Waals surface area contributed by atoms with Crippen LogP contribution in [0.1, 0.15) is 12.8 Å². The van der Waals surface area contributed by atoms with Crippen LogP contribution in [0.3, 0.4) is 0 Å². The number of nitrogens with one attached hydrogen (secondary N) is 1. The number of esters is 1. The molecular formula is C11H18N2O7. The minimum atomic E-state index is -1.20. The van der Waals surface area contributed by atoms with Gasteiger partial charge in [-0.3, -0.25) is 14.9 Å². The molecule has 0 saturated carbocycles. The molecule has 0 aromatic carbocycles. The lowest BCUT2D eigenvalue weighted by Gasteiger charge is -2.16. The highest BCUT2D eigenvalue weighted by molar-refractivity contribution is 5.94. The topological polar surface area (TPSA) is 122 Å². The highest BCUT2D eigenvalue weighted by atomic mass is 16.5. The number of carbonyl (C=O) groups excluding carboxylic acids is 3. The van der Waals surface area contributed by atoms with E-state index in [-0.39, 0.29) is 18.9 Å². The van der Waals surface area contributed by atoms with Gasteiger partial charge in [0.15, 0.2) is 0 Å². The fourth-order valence-corrected chi connectivity index (χ4v) is 1.15. The van der Waals surface area contributed by atoms with E-state index in [0.717, 1.165) is 0 Å². The fourth-order valence-electron chi connectivity index (χ4n) is 1.15. The Bertz CT molecular complexity index is 370. The van der Waals surface area contributed by atoms with Gasteiger partial charge < -0.3 is 19.5 Å². The number of carboxylic acid groups (broad SMARTS) is 1. The number of rotatable bonds is 8. The van der Waals surface area contributed by atoms with Gasteiger partial charge in [-0.15, -0.1) is 0 Å². The zero-order valence-electron chi connectivity index (χ0n) is 11.4. The fraction of sp³-hybridized carbons (Fsp3) is 0.636. The lowest BCUT2D eigenvalue weighted by atomic mass is 10.3. The maximum atomic E-state index is 11.5. The molecule has 0 aliphatic heterocycles. The van der Waals surface area contributed by atoms with Crippen molar-refractivity contribution in [1.82, 2.24) is 10.2 Å². The SMILES string of the molecule is COC(=O)CCCN(C)C(=O)NC(=O)COCC(=O)O. The summed E-state index contributed by atoms with van der Waals surface area (Å²) < 4.78 is 8.97. The summed E-state index contributed by atoms with van der Waals surface area (Å²) in [6, 6.07) is -0.654. The van der Waals surface area contributed by atoms with Crippen LogP contribution in [0.4, 0.5) is 4.79 Å². The first-order chi connectivity index (χ1) is 9.36. The molecular weight excluding hydrogens is 272 g/mol. The predicted molar refractivity (Wildman–Crippen MR) is 65.9 cm³/mol. The number of ether oxygens (including phenoxy) is 2. The van der Waals surface area contributed by atoms with E-state index >= 15 is 0 Å². The first-order valence-corrected chi connectivity index (χ1v) is 5.78. The second-order valence-corrected chi connectivity index (χ2v) is 3.84. The Morgan fingerprint density at radius 3 is 2.40 bits per heavy atom. The van der Waals surface area contributed by atoms with Gasteiger partial charge in [0, 0.05) is 20.0 Å². The van der Waals surface area contributed by atoms with E-state index in [9.17, 15) is 19.2 Å². The van der Waals surface area contributed by atoms with Crippen molar-refractivity contribution in [3.8, 4) is 0 Å². The number of imide groups is 1. The molecule has 9 heteroatoms. The molecule has 0 spiro atoms. The van der Waals surface area contributed by atoms with Crippen LogP contribution in [0.5, 0.6) is 0 Å². The molecule has 0 aromatic heterocycles. The van der Waals surface area contributed by atoms with Crippen molar-refractivity contribution in [3.05, 3.63) is 0 Å². The zero-order valence-corrected chi connectivity index (χ0v) is 11.4. The van der Waals surface area contributed by atoms with Crippen molar-refractivity contribution in [2.45, 2.75) is 12.8 Å². The lowest BCUT2D eigenvalue weighted by molar-refractivity contribution is -0.143. The summed E-state index contributed by atoms with van der Waals surface area (Å²) in [6.07, 6.45) is 0.573. The first-order valence-electron chi connectivity index (χ1n) is 5.78. The second-order valence-electron chi connectivity index (χ2n) is 3.84. The summed E-state index contributed by atoms with van der Waals surface area (Å²) in [5, 5.41) is 10.3. The molecule has 0 unspecified atom stereocenters. The van der Waals surface area contributed by atoms with Gasteiger partial charge in [-0.25, -0.2) is 9.59 Å². The predicted octanol–water partition coefficient (Wildman–Crippen LogP) is -0.791. The molecule has 0 aliphatic rings. The summed E-state index contributed by atoms with van der Waals surface area (Å²) in [5.74, 6) is -2.32. The van der Waals surface area contributed by atoms with E-state index < -0.39 is 31.1 Å². The number of amides is 3. The van der Waals surface area contributed by atoms with E-state index in [0.29, 0.717) is 6.42 Å². The standard InChI is InChI=1S/C11H18N2O7/c1-13(5-3-4-10(17)19-2)11(18)12-8(14)6-20-7-9(15)16/h3-7H2,1-2H3,(H,15,16)(H,12,14,18). The van der Waals surface area contributed by atoms with Crippen molar-refractivity contribution in [1.29, 1.82) is 0 Å². The minimum Gasteiger partial charge on any atom is -0.480 e. The van der Waals surface area contributed by atoms with Crippen LogP contribution < -0.4 is 5.32 Å². The molecule has 0 saturated heterocycles. The summed E-state index contributed by atoms with van der Waals surface area (Å²) in [5.41, 5.74) is 0. The van der Waals surface area contributed by atoms with E-state index in [2.05, 4.69) is 9.47 Å². The number of hydrogen-bond donors (Lipinski definition) is 2. The molecule has 0 aliphatic carbocycles. The van der Waals surface area contributed by atoms with Crippen LogP contribution in [0.2, 0.25) is 0 Å². The molecule has 0 heterocycles. The number of urea groups is 1. The van der Waals surface area contributed by atoms with E-state index in [1.54, 1.807) is 0 Å². The Hall–Kier alpha value is -2.16. The number of methoxy groups -OCH3 is 1. The number of carbonyl (C=O) groups is 4. The Balaban J connectivity index is 3.86. The third-order valence-electron chi connectivity index (χ3n) is 2.15. The Morgan fingerprint density at radius 1 is 1.20 bits per heavy atom. The van der Waals surface area contributed by atoms with Gasteiger partial charge >= 0.3 is 18.0 Å². The van der Waals surface area contributed by atoms with E-state index in [4.69, 9.17) is 5.11 Å². The van der Waals surface area contributed by atoms with Crippen molar-refractivity contribution in [2.24, 2.45) is 0 Å². The normalized spacial score (nSPS) is 9.70. The molecule has 3 amide bonds. The smallest absolute Gasteiger partial charge is 0.329 e. The summed E-state index contributed by atoms with van der Waals surface area (Å²) >= 11 is 0. The van der Waals surface area contributed by atoms with Crippen LogP contribution >= 0.6 is 0 Å². The average Bonchev–Trinajstić information content (AvgIpc) is 2.37. The number of hydrogen-bond acceptors (Lipinski definition) is 6. The van der Waals surface area contributed by atoms with Crippen molar-refractivity contribution in [2.75, 3.05) is 33.9 Å². The summed E-state index contributed by atoms with van der Waals surface area (Å²) in [7, 11) is 2.73. The van der Waals surface area contributed by atoms with Gasteiger partial charge in [-0.05, 0) is 6.42 Å². The minimum absolute atomic E-state index is 0.170. The third kappa shape index (κ3) is 8.86. The van der Waals surface area contributed by atoms with E-state index in [1.807, 2.05) is 5.32 Å². The van der Waals surface area contributed by atoms with Crippen LogP contribution in [-0.2, 0) is 23.9 Å². The number of aliphatic carboxylic acids is 1. The van der Waals surface area contributed by atoms with Crippen LogP contribution in [0, 0.1) is 0 Å². The maximum Gasteiger partial charge on any atom is 0.329 e. The molecule has 0 aromatic rings. The molecule has 0 atom stereocenters. The molecule has 114 valence electrons. The van der Waals surface area contributed by atoms with Gasteiger partial charge in [0.25, 0.3) is 5.91 Å². The first kappa shape index (κ1) is 17.8. The molecule has 0 radical (unpaired) electrons. The zero-order chi connectivity index (χ0) is 15.5. The Morgan fingerprint density at radius 2 is 1.85 bits per heavy atom. The van der Waals surface area contributed by atoms with Crippen LogP contribution in [-0.4, -0.2) is 67.8 Å². The van der Waals surface area contributed by atoms with Crippen molar-refractivity contribution in [3.63, 3.8) is 0 Å². The van der Waals surface area contributed by atoms with Gasteiger partial charge in [0.05, 0.1) is 7.11 Å². The summed E-state index contributed by atoms with van der Waals surface area (Å²) in [4.78, 5) is 44.9. The van der Waals surface area contributed by atoms with Crippen LogP contribution in [0.15, 0.2) is 0 Å². The Kier molecular flexibility index (Phi) is 8.68. The lowest BCUT2D eigenvalue weighted by Crippen LogP contribution is -2.42. The van der Waals surface area contributed by atoms with Crippen molar-refractivity contribution < 1.29 is 33.8 Å². The molecule has 0 rings (SSSR count). The number of nitrogens with zero attached hydrogens (tertiary/aromatic N) is 1. The van der Waals surface area contributed by atoms with Gasteiger partial charge in [-0.1, -0.05) is 0 Å². The second kappa shape index (κ2) is 9.73. The highest BCUT2D eigenvalue weighted by Gasteiger charge is 2.13. The third-order valence-corrected chi connectivity index (χ3v) is 2.15. The molecule has 9 nitrogen and oxygen atoms in total. The van der Waals surface area contributed by atoms with Crippen LogP contribution in [0.25, 0.3) is 0 Å². The molecule has 2 N–H and O–H groups in total. The van der Waals surface area contributed by atoms with Gasteiger partial charge in [-0.2, -0.15) is 0 Å². The monoisotopic (exact) mass is 290 g/mol. The van der Waals surface area contributed by atoms with E-state index in [1.165, 1.54) is 19.1 Å². The Labute approximate surface area is 115 Å². The molecule has 0 bridgehead atoms. The maximum absolute atomic E-state index is 11.5. The summed E-state index contributed by atoms with van der Waals surface area (Å²) in [6.45, 7) is -0.866. The largest absolute Gasteiger partial charge is 0.480 e. The average molecular weight is 290 g/mol. The highest BCUT2D eigenvalue weighted by Crippen LogP contribution is 1.95.